The minimum Gasteiger partial charge on any atom is -0.493 e. The summed E-state index contributed by atoms with van der Waals surface area (Å²) in [7, 11) is 0. The number of hydrogen-bond acceptors (Lipinski definition) is 3. The zero-order valence-electron chi connectivity index (χ0n) is 8.42. The lowest BCUT2D eigenvalue weighted by Crippen LogP contribution is -2.21. The van der Waals surface area contributed by atoms with Crippen LogP contribution in [0.3, 0.4) is 0 Å². The standard InChI is InChI=1S/C11H16N2O/c1-7-4-8-2-3-14-11(8)9(5-7)10(13)6-12/h4-5,10H,2-3,6,12-13H2,1H3/t10-/m1/s1. The first-order valence-electron chi connectivity index (χ1n) is 4.94. The van der Waals surface area contributed by atoms with Crippen molar-refractivity contribution in [3.05, 3.63) is 28.8 Å². The van der Waals surface area contributed by atoms with Gasteiger partial charge in [-0.15, -0.1) is 0 Å². The Labute approximate surface area is 84.0 Å². The van der Waals surface area contributed by atoms with Crippen LogP contribution >= 0.6 is 0 Å². The number of benzene rings is 1. The van der Waals surface area contributed by atoms with Crippen LogP contribution < -0.4 is 16.2 Å². The lowest BCUT2D eigenvalue weighted by atomic mass is 9.99. The lowest BCUT2D eigenvalue weighted by molar-refractivity contribution is 0.351. The van der Waals surface area contributed by atoms with Gasteiger partial charge in [-0.1, -0.05) is 17.7 Å². The van der Waals surface area contributed by atoms with E-state index in [1.165, 1.54) is 11.1 Å². The average Bonchev–Trinajstić information content (AvgIpc) is 2.62. The predicted molar refractivity (Wildman–Crippen MR) is 56.4 cm³/mol. The van der Waals surface area contributed by atoms with Gasteiger partial charge in [0.05, 0.1) is 6.61 Å². The minimum atomic E-state index is -0.109. The van der Waals surface area contributed by atoms with Crippen LogP contribution in [0.15, 0.2) is 12.1 Å². The molecule has 76 valence electrons. The lowest BCUT2D eigenvalue weighted by Gasteiger charge is -2.14. The van der Waals surface area contributed by atoms with Gasteiger partial charge in [0.1, 0.15) is 5.75 Å². The molecule has 0 aliphatic carbocycles. The largest absolute Gasteiger partial charge is 0.493 e. The van der Waals surface area contributed by atoms with Gasteiger partial charge in [0.2, 0.25) is 0 Å². The predicted octanol–water partition coefficient (Wildman–Crippen LogP) is 0.888. The Bertz CT molecular complexity index is 349. The van der Waals surface area contributed by atoms with Gasteiger partial charge in [0, 0.05) is 24.6 Å². The van der Waals surface area contributed by atoms with Crippen LogP contribution in [-0.4, -0.2) is 13.2 Å². The molecule has 0 aromatic heterocycles. The Morgan fingerprint density at radius 1 is 1.50 bits per heavy atom. The molecular formula is C11H16N2O. The highest BCUT2D eigenvalue weighted by Gasteiger charge is 2.19. The third-order valence-electron chi connectivity index (χ3n) is 2.61. The molecule has 0 spiro atoms. The summed E-state index contributed by atoms with van der Waals surface area (Å²) in [5.41, 5.74) is 15.1. The van der Waals surface area contributed by atoms with Crippen LogP contribution in [0.4, 0.5) is 0 Å². The van der Waals surface area contributed by atoms with Gasteiger partial charge in [-0.25, -0.2) is 0 Å². The SMILES string of the molecule is Cc1cc2c(c([C@H](N)CN)c1)OCC2. The molecule has 0 fully saturated rings. The normalized spacial score (nSPS) is 16.2. The molecule has 1 atom stereocenters. The van der Waals surface area contributed by atoms with E-state index in [2.05, 4.69) is 19.1 Å². The number of ether oxygens (including phenoxy) is 1. The Morgan fingerprint density at radius 2 is 2.29 bits per heavy atom. The number of hydrogen-bond donors (Lipinski definition) is 2. The summed E-state index contributed by atoms with van der Waals surface area (Å²) >= 11 is 0. The van der Waals surface area contributed by atoms with E-state index in [1.54, 1.807) is 0 Å². The Kier molecular flexibility index (Phi) is 2.44. The number of rotatable bonds is 2. The maximum absolute atomic E-state index is 5.93. The molecule has 1 aromatic rings. The smallest absolute Gasteiger partial charge is 0.127 e. The molecule has 0 amide bonds. The molecule has 3 heteroatoms. The quantitative estimate of drug-likeness (QED) is 0.731. The third-order valence-corrected chi connectivity index (χ3v) is 2.61. The highest BCUT2D eigenvalue weighted by Crippen LogP contribution is 2.33. The molecule has 1 aromatic carbocycles. The molecule has 14 heavy (non-hydrogen) atoms. The molecule has 0 saturated carbocycles. The van der Waals surface area contributed by atoms with Crippen molar-refractivity contribution >= 4 is 0 Å². The zero-order valence-corrected chi connectivity index (χ0v) is 8.42. The summed E-state index contributed by atoms with van der Waals surface area (Å²) in [6, 6.07) is 4.12. The molecule has 1 aliphatic heterocycles. The molecule has 3 nitrogen and oxygen atoms in total. The molecular weight excluding hydrogens is 176 g/mol. The van der Waals surface area contributed by atoms with Gasteiger partial charge >= 0.3 is 0 Å². The van der Waals surface area contributed by atoms with Crippen molar-refractivity contribution in [3.8, 4) is 5.75 Å². The second kappa shape index (κ2) is 3.59. The first-order valence-corrected chi connectivity index (χ1v) is 4.94. The molecule has 2 rings (SSSR count). The van der Waals surface area contributed by atoms with Crippen LogP contribution in [0.5, 0.6) is 5.75 Å². The molecule has 0 saturated heterocycles. The molecule has 4 N–H and O–H groups in total. The van der Waals surface area contributed by atoms with Gasteiger partial charge in [-0.05, 0) is 12.5 Å². The summed E-state index contributed by atoms with van der Waals surface area (Å²) in [6.07, 6.45) is 0.987. The molecule has 1 aliphatic rings. The average molecular weight is 192 g/mol. The second-order valence-electron chi connectivity index (χ2n) is 3.78. The maximum Gasteiger partial charge on any atom is 0.127 e. The van der Waals surface area contributed by atoms with Gasteiger partial charge < -0.3 is 16.2 Å². The zero-order chi connectivity index (χ0) is 10.1. The molecule has 0 radical (unpaired) electrons. The van der Waals surface area contributed by atoms with E-state index in [-0.39, 0.29) is 6.04 Å². The monoisotopic (exact) mass is 192 g/mol. The molecule has 0 bridgehead atoms. The van der Waals surface area contributed by atoms with Crippen molar-refractivity contribution in [2.45, 2.75) is 19.4 Å². The van der Waals surface area contributed by atoms with Gasteiger partial charge in [-0.2, -0.15) is 0 Å². The molecule has 0 unspecified atom stereocenters. The summed E-state index contributed by atoms with van der Waals surface area (Å²) in [5.74, 6) is 0.966. The van der Waals surface area contributed by atoms with E-state index in [0.717, 1.165) is 24.3 Å². The van der Waals surface area contributed by atoms with Gasteiger partial charge in [0.25, 0.3) is 0 Å². The van der Waals surface area contributed by atoms with E-state index >= 15 is 0 Å². The van der Waals surface area contributed by atoms with Crippen LogP contribution in [0, 0.1) is 6.92 Å². The van der Waals surface area contributed by atoms with Gasteiger partial charge in [-0.3, -0.25) is 0 Å². The Balaban J connectivity index is 2.48. The fraction of sp³-hybridized carbons (Fsp3) is 0.455. The van der Waals surface area contributed by atoms with Crippen molar-refractivity contribution in [1.82, 2.24) is 0 Å². The van der Waals surface area contributed by atoms with E-state index in [0.29, 0.717) is 6.54 Å². The van der Waals surface area contributed by atoms with E-state index in [9.17, 15) is 0 Å². The first-order chi connectivity index (χ1) is 6.72. The highest BCUT2D eigenvalue weighted by molar-refractivity contribution is 5.48. The number of fused-ring (bicyclic) bond motifs is 1. The van der Waals surface area contributed by atoms with Crippen molar-refractivity contribution in [1.29, 1.82) is 0 Å². The van der Waals surface area contributed by atoms with Crippen LogP contribution in [-0.2, 0) is 6.42 Å². The van der Waals surface area contributed by atoms with Crippen LogP contribution in [0.1, 0.15) is 22.7 Å². The maximum atomic E-state index is 5.93. The van der Waals surface area contributed by atoms with Crippen LogP contribution in [0.25, 0.3) is 0 Å². The van der Waals surface area contributed by atoms with Crippen molar-refractivity contribution in [3.63, 3.8) is 0 Å². The van der Waals surface area contributed by atoms with Crippen molar-refractivity contribution in [2.24, 2.45) is 11.5 Å². The van der Waals surface area contributed by atoms with E-state index in [1.807, 2.05) is 0 Å². The van der Waals surface area contributed by atoms with Crippen LogP contribution in [0.2, 0.25) is 0 Å². The fourth-order valence-corrected chi connectivity index (χ4v) is 1.91. The Hall–Kier alpha value is -1.06. The minimum absolute atomic E-state index is 0.109. The topological polar surface area (TPSA) is 61.3 Å². The molecule has 1 heterocycles. The van der Waals surface area contributed by atoms with Crippen molar-refractivity contribution in [2.75, 3.05) is 13.2 Å². The third kappa shape index (κ3) is 1.49. The number of nitrogens with two attached hydrogens (primary N) is 2. The highest BCUT2D eigenvalue weighted by atomic mass is 16.5. The first kappa shape index (κ1) is 9.49. The van der Waals surface area contributed by atoms with Gasteiger partial charge in [0.15, 0.2) is 0 Å². The number of aryl methyl sites for hydroxylation is 1. The second-order valence-corrected chi connectivity index (χ2v) is 3.78. The fourth-order valence-electron chi connectivity index (χ4n) is 1.91. The summed E-state index contributed by atoms with van der Waals surface area (Å²) < 4.78 is 5.57. The summed E-state index contributed by atoms with van der Waals surface area (Å²) in [5, 5.41) is 0. The summed E-state index contributed by atoms with van der Waals surface area (Å²) in [4.78, 5) is 0. The van der Waals surface area contributed by atoms with Crippen molar-refractivity contribution < 1.29 is 4.74 Å². The summed E-state index contributed by atoms with van der Waals surface area (Å²) in [6.45, 7) is 3.30. The Morgan fingerprint density at radius 3 is 3.00 bits per heavy atom. The van der Waals surface area contributed by atoms with E-state index in [4.69, 9.17) is 16.2 Å². The van der Waals surface area contributed by atoms with E-state index < -0.39 is 0 Å².